The lowest BCUT2D eigenvalue weighted by Crippen LogP contribution is -2.51. The van der Waals surface area contributed by atoms with Crippen LogP contribution in [0.15, 0.2) is 48.7 Å². The Bertz CT molecular complexity index is 521. The second kappa shape index (κ2) is 4.33. The second-order valence-corrected chi connectivity index (χ2v) is 5.50. The van der Waals surface area contributed by atoms with E-state index in [9.17, 15) is 0 Å². The van der Waals surface area contributed by atoms with Crippen LogP contribution in [0.3, 0.4) is 0 Å². The summed E-state index contributed by atoms with van der Waals surface area (Å²) in [5.74, 6) is 0. The molecule has 0 saturated carbocycles. The summed E-state index contributed by atoms with van der Waals surface area (Å²) in [7, 11) is 0. The Balaban J connectivity index is 2.60. The van der Waals surface area contributed by atoms with Gasteiger partial charge in [0.25, 0.3) is 0 Å². The molecule has 2 rings (SSSR count). The molecule has 88 valence electrons. The summed E-state index contributed by atoms with van der Waals surface area (Å²) in [5, 5.41) is 0. The smallest absolute Gasteiger partial charge is 0.194 e. The van der Waals surface area contributed by atoms with Crippen molar-refractivity contribution < 1.29 is 4.57 Å². The van der Waals surface area contributed by atoms with E-state index in [0.29, 0.717) is 0 Å². The van der Waals surface area contributed by atoms with E-state index in [-0.39, 0.29) is 5.54 Å². The average molecular weight is 226 g/mol. The molecular formula is C16H20N+. The first-order chi connectivity index (χ1) is 7.98. The van der Waals surface area contributed by atoms with Gasteiger partial charge in [-0.3, -0.25) is 0 Å². The van der Waals surface area contributed by atoms with Gasteiger partial charge in [-0.25, -0.2) is 0 Å². The van der Waals surface area contributed by atoms with Crippen LogP contribution in [0.2, 0.25) is 0 Å². The number of hydrogen-bond donors (Lipinski definition) is 0. The van der Waals surface area contributed by atoms with Crippen molar-refractivity contribution in [1.82, 2.24) is 0 Å². The molecule has 0 radical (unpaired) electrons. The van der Waals surface area contributed by atoms with E-state index in [4.69, 9.17) is 0 Å². The summed E-state index contributed by atoms with van der Waals surface area (Å²) in [4.78, 5) is 0. The van der Waals surface area contributed by atoms with Gasteiger partial charge in [0.05, 0.1) is 0 Å². The zero-order chi connectivity index (χ0) is 12.5. The third kappa shape index (κ3) is 2.55. The van der Waals surface area contributed by atoms with Gasteiger partial charge in [0.15, 0.2) is 11.7 Å². The third-order valence-electron chi connectivity index (χ3n) is 2.90. The minimum atomic E-state index is 0.0976. The normalized spacial score (nSPS) is 11.5. The minimum Gasteiger partial charge on any atom is -0.194 e. The van der Waals surface area contributed by atoms with E-state index in [1.807, 2.05) is 0 Å². The first-order valence-electron chi connectivity index (χ1n) is 6.07. The molecule has 1 heterocycles. The van der Waals surface area contributed by atoms with Crippen molar-refractivity contribution in [2.45, 2.75) is 33.2 Å². The van der Waals surface area contributed by atoms with E-state index in [1.54, 1.807) is 0 Å². The van der Waals surface area contributed by atoms with Crippen LogP contribution in [0, 0.1) is 6.92 Å². The highest BCUT2D eigenvalue weighted by Gasteiger charge is 2.25. The third-order valence-corrected chi connectivity index (χ3v) is 2.90. The van der Waals surface area contributed by atoms with Gasteiger partial charge in [0, 0.05) is 38.5 Å². The molecule has 0 aliphatic carbocycles. The van der Waals surface area contributed by atoms with Crippen LogP contribution in [0.4, 0.5) is 0 Å². The Labute approximate surface area is 104 Å². The second-order valence-electron chi connectivity index (χ2n) is 5.50. The summed E-state index contributed by atoms with van der Waals surface area (Å²) >= 11 is 0. The Morgan fingerprint density at radius 2 is 1.71 bits per heavy atom. The predicted octanol–water partition coefficient (Wildman–Crippen LogP) is 3.70. The van der Waals surface area contributed by atoms with Crippen molar-refractivity contribution >= 4 is 0 Å². The van der Waals surface area contributed by atoms with Crippen molar-refractivity contribution in [1.29, 1.82) is 0 Å². The monoisotopic (exact) mass is 226 g/mol. The summed E-state index contributed by atoms with van der Waals surface area (Å²) < 4.78 is 2.32. The summed E-state index contributed by atoms with van der Waals surface area (Å²) in [6, 6.07) is 15.0. The van der Waals surface area contributed by atoms with E-state index in [0.717, 1.165) is 0 Å². The molecule has 2 aromatic rings. The van der Waals surface area contributed by atoms with Crippen LogP contribution >= 0.6 is 0 Å². The van der Waals surface area contributed by atoms with E-state index in [1.165, 1.54) is 16.8 Å². The number of rotatable bonds is 1. The molecule has 1 heteroatoms. The van der Waals surface area contributed by atoms with Crippen molar-refractivity contribution in [3.05, 3.63) is 54.2 Å². The van der Waals surface area contributed by atoms with Crippen molar-refractivity contribution in [2.75, 3.05) is 0 Å². The van der Waals surface area contributed by atoms with Gasteiger partial charge in [-0.15, -0.1) is 0 Å². The Kier molecular flexibility index (Phi) is 3.01. The molecule has 0 bridgehead atoms. The van der Waals surface area contributed by atoms with Crippen molar-refractivity contribution in [3.8, 4) is 11.3 Å². The number of aryl methyl sites for hydroxylation is 1. The SMILES string of the molecule is Cc1cccc(-c2cccc[n+]2C(C)(C)C)c1. The fourth-order valence-electron chi connectivity index (χ4n) is 2.07. The number of benzene rings is 1. The Morgan fingerprint density at radius 3 is 2.35 bits per heavy atom. The lowest BCUT2D eigenvalue weighted by Gasteiger charge is -2.16. The van der Waals surface area contributed by atoms with Gasteiger partial charge >= 0.3 is 0 Å². The molecular weight excluding hydrogens is 206 g/mol. The summed E-state index contributed by atoms with van der Waals surface area (Å²) in [5.41, 5.74) is 3.94. The topological polar surface area (TPSA) is 3.88 Å². The van der Waals surface area contributed by atoms with Gasteiger partial charge in [0.2, 0.25) is 5.69 Å². The van der Waals surface area contributed by atoms with Crippen molar-refractivity contribution in [3.63, 3.8) is 0 Å². The highest BCUT2D eigenvalue weighted by Crippen LogP contribution is 2.19. The van der Waals surface area contributed by atoms with Crippen LogP contribution in [0.1, 0.15) is 26.3 Å². The van der Waals surface area contributed by atoms with E-state index < -0.39 is 0 Å². The molecule has 1 nitrogen and oxygen atoms in total. The number of pyridine rings is 1. The zero-order valence-corrected chi connectivity index (χ0v) is 11.1. The number of hydrogen-bond acceptors (Lipinski definition) is 0. The highest BCUT2D eigenvalue weighted by atomic mass is 15.0. The zero-order valence-electron chi connectivity index (χ0n) is 11.1. The fourth-order valence-corrected chi connectivity index (χ4v) is 2.07. The molecule has 1 aromatic heterocycles. The van der Waals surface area contributed by atoms with Crippen LogP contribution < -0.4 is 4.57 Å². The Hall–Kier alpha value is -1.63. The molecule has 0 spiro atoms. The van der Waals surface area contributed by atoms with Gasteiger partial charge in [-0.2, -0.15) is 4.57 Å². The summed E-state index contributed by atoms with van der Waals surface area (Å²) in [6.07, 6.45) is 2.15. The standard InChI is InChI=1S/C16H20N/c1-13-8-7-9-14(12-13)15-10-5-6-11-17(15)16(2,3)4/h5-12H,1-4H3/q+1. The molecule has 0 fully saturated rings. The van der Waals surface area contributed by atoms with Crippen LogP contribution in [0.25, 0.3) is 11.3 Å². The molecule has 17 heavy (non-hydrogen) atoms. The van der Waals surface area contributed by atoms with Gasteiger partial charge < -0.3 is 0 Å². The van der Waals surface area contributed by atoms with Gasteiger partial charge in [-0.1, -0.05) is 17.7 Å². The fraction of sp³-hybridized carbons (Fsp3) is 0.312. The number of aromatic nitrogens is 1. The molecule has 0 atom stereocenters. The maximum atomic E-state index is 2.32. The van der Waals surface area contributed by atoms with Crippen LogP contribution in [-0.4, -0.2) is 0 Å². The molecule has 0 saturated heterocycles. The molecule has 1 aromatic carbocycles. The molecule has 0 N–H and O–H groups in total. The van der Waals surface area contributed by atoms with Crippen LogP contribution in [-0.2, 0) is 5.54 Å². The summed E-state index contributed by atoms with van der Waals surface area (Å²) in [6.45, 7) is 8.82. The first kappa shape index (κ1) is 11.8. The lowest BCUT2D eigenvalue weighted by atomic mass is 10.0. The van der Waals surface area contributed by atoms with Gasteiger partial charge in [-0.05, 0) is 25.1 Å². The molecule has 0 unspecified atom stereocenters. The molecule has 0 amide bonds. The maximum absolute atomic E-state index is 2.32. The van der Waals surface area contributed by atoms with Crippen LogP contribution in [0.5, 0.6) is 0 Å². The van der Waals surface area contributed by atoms with Gasteiger partial charge in [0.1, 0.15) is 0 Å². The predicted molar refractivity (Wildman–Crippen MR) is 71.8 cm³/mol. The van der Waals surface area contributed by atoms with E-state index in [2.05, 4.69) is 80.9 Å². The van der Waals surface area contributed by atoms with E-state index >= 15 is 0 Å². The quantitative estimate of drug-likeness (QED) is 0.653. The maximum Gasteiger partial charge on any atom is 0.212 e. The largest absolute Gasteiger partial charge is 0.212 e. The Morgan fingerprint density at radius 1 is 0.941 bits per heavy atom. The van der Waals surface area contributed by atoms with Crippen molar-refractivity contribution in [2.24, 2.45) is 0 Å². The number of nitrogens with zero attached hydrogens (tertiary/aromatic N) is 1. The minimum absolute atomic E-state index is 0.0976. The first-order valence-corrected chi connectivity index (χ1v) is 6.07. The highest BCUT2D eigenvalue weighted by molar-refractivity contribution is 5.56. The molecule has 0 aliphatic heterocycles. The average Bonchev–Trinajstić information content (AvgIpc) is 2.28. The lowest BCUT2D eigenvalue weighted by molar-refractivity contribution is -0.744. The molecule has 0 aliphatic rings.